The van der Waals surface area contributed by atoms with Crippen LogP contribution in [0.3, 0.4) is 0 Å². The summed E-state index contributed by atoms with van der Waals surface area (Å²) in [6, 6.07) is -0.520. The molecule has 0 saturated heterocycles. The summed E-state index contributed by atoms with van der Waals surface area (Å²) in [7, 11) is 0. The van der Waals surface area contributed by atoms with Crippen LogP contribution in [-0.4, -0.2) is 88.3 Å². The van der Waals surface area contributed by atoms with Crippen molar-refractivity contribution in [3.63, 3.8) is 0 Å². The zero-order valence-corrected chi connectivity index (χ0v) is 31.0. The van der Waals surface area contributed by atoms with E-state index in [1.807, 2.05) is 0 Å². The Morgan fingerprint density at radius 2 is 1.06 bits per heavy atom. The van der Waals surface area contributed by atoms with Crippen molar-refractivity contribution in [3.8, 4) is 12.5 Å². The van der Waals surface area contributed by atoms with Crippen molar-refractivity contribution in [1.82, 2.24) is 10.6 Å². The van der Waals surface area contributed by atoms with Gasteiger partial charge in [-0.15, -0.1) is 23.2 Å². The molecule has 4 N–H and O–H groups in total. The molecular weight excluding hydrogens is 699 g/mol. The lowest BCUT2D eigenvalue weighted by molar-refractivity contribution is -0.152. The molecule has 5 rings (SSSR count). The maximum Gasteiger partial charge on any atom is 0.307 e. The standard InChI is InChI=1S/C38H56Cl2N2O9/c1-2-49-25-10-12-27(37(45)46)29(20-25)35(43)41-33-14-8-22(18-31(33)39)23-9-15-34(32(40)19-23)42-36(44)30-21-26(11-13-28(30)38(47)48)51-17-16-50-24-6-4-3-5-7-24/h1,22-34H,3-21H2,(H,41,43)(H,42,44)(H,45,46)(H,47,48). The smallest absolute Gasteiger partial charge is 0.307 e. The number of carboxylic acid groups (broad SMARTS) is 2. The Morgan fingerprint density at radius 1 is 0.588 bits per heavy atom. The van der Waals surface area contributed by atoms with Crippen LogP contribution in [-0.2, 0) is 33.4 Å². The first kappa shape index (κ1) is 39.9. The molecule has 0 aromatic rings. The van der Waals surface area contributed by atoms with Gasteiger partial charge < -0.3 is 35.1 Å². The van der Waals surface area contributed by atoms with Crippen molar-refractivity contribution in [3.05, 3.63) is 0 Å². The second kappa shape index (κ2) is 19.2. The summed E-state index contributed by atoms with van der Waals surface area (Å²) in [6.45, 7) is 0.948. The lowest BCUT2D eigenvalue weighted by atomic mass is 9.70. The van der Waals surface area contributed by atoms with Crippen LogP contribution in [0.15, 0.2) is 0 Å². The molecule has 0 heterocycles. The number of rotatable bonds is 13. The molecule has 0 bridgehead atoms. The lowest BCUT2D eigenvalue weighted by Crippen LogP contribution is -2.52. The fourth-order valence-corrected chi connectivity index (χ4v) is 10.3. The molecule has 51 heavy (non-hydrogen) atoms. The van der Waals surface area contributed by atoms with Crippen molar-refractivity contribution in [1.29, 1.82) is 0 Å². The van der Waals surface area contributed by atoms with E-state index in [-0.39, 0.29) is 53.3 Å². The monoisotopic (exact) mass is 754 g/mol. The quantitative estimate of drug-likeness (QED) is 0.108. The Hall–Kier alpha value is -2.26. The number of carboxylic acids is 2. The number of nitrogens with one attached hydrogen (secondary N) is 2. The van der Waals surface area contributed by atoms with Crippen molar-refractivity contribution in [2.45, 2.75) is 150 Å². The highest BCUT2D eigenvalue weighted by atomic mass is 35.5. The van der Waals surface area contributed by atoms with Gasteiger partial charge in [-0.25, -0.2) is 0 Å². The fraction of sp³-hybridized carbons (Fsp3) is 0.842. The first-order chi connectivity index (χ1) is 24.5. The van der Waals surface area contributed by atoms with Crippen LogP contribution >= 0.6 is 23.2 Å². The van der Waals surface area contributed by atoms with E-state index in [0.717, 1.165) is 25.7 Å². The van der Waals surface area contributed by atoms with Crippen LogP contribution in [0.4, 0.5) is 0 Å². The van der Waals surface area contributed by atoms with Gasteiger partial charge in [0.1, 0.15) is 12.2 Å². The number of hydrogen-bond acceptors (Lipinski definition) is 7. The SMILES string of the molecule is C#COC1CCC(C(=O)O)C(C(=O)NC2CCC(C3CCC(NC(=O)C4CC(OCCOC5CCCCC5)CCC4C(=O)O)C(Cl)C3)CC2Cl)C1. The number of hydrogen-bond donors (Lipinski definition) is 4. The zero-order chi connectivity index (χ0) is 36.5. The first-order valence-corrected chi connectivity index (χ1v) is 20.1. The second-order valence-corrected chi connectivity index (χ2v) is 16.7. The molecular formula is C38H56Cl2N2O9. The second-order valence-electron chi connectivity index (χ2n) is 15.6. The maximum atomic E-state index is 13.6. The zero-order valence-electron chi connectivity index (χ0n) is 29.5. The number of aliphatic carboxylic acids is 2. The Bertz CT molecular complexity index is 1240. The number of halogens is 2. The van der Waals surface area contributed by atoms with Crippen LogP contribution in [0.25, 0.3) is 0 Å². The largest absolute Gasteiger partial charge is 0.481 e. The molecule has 11 nitrogen and oxygen atoms in total. The molecule has 5 saturated carbocycles. The highest BCUT2D eigenvalue weighted by Crippen LogP contribution is 2.42. The minimum Gasteiger partial charge on any atom is -0.481 e. The summed E-state index contributed by atoms with van der Waals surface area (Å²) in [5.41, 5.74) is 0. The van der Waals surface area contributed by atoms with Gasteiger partial charge in [0, 0.05) is 12.1 Å². The van der Waals surface area contributed by atoms with Gasteiger partial charge in [-0.3, -0.25) is 19.2 Å². The van der Waals surface area contributed by atoms with Crippen molar-refractivity contribution in [2.75, 3.05) is 13.2 Å². The van der Waals surface area contributed by atoms with Crippen LogP contribution in [0.5, 0.6) is 0 Å². The average molecular weight is 756 g/mol. The van der Waals surface area contributed by atoms with E-state index in [1.54, 1.807) is 0 Å². The van der Waals surface area contributed by atoms with E-state index in [0.29, 0.717) is 88.9 Å². The third kappa shape index (κ3) is 10.9. The van der Waals surface area contributed by atoms with Gasteiger partial charge in [0.05, 0.1) is 59.8 Å². The Kier molecular flexibility index (Phi) is 15.0. The minimum absolute atomic E-state index is 0.182. The van der Waals surface area contributed by atoms with Gasteiger partial charge in [-0.2, -0.15) is 0 Å². The van der Waals surface area contributed by atoms with Gasteiger partial charge in [0.25, 0.3) is 0 Å². The van der Waals surface area contributed by atoms with Crippen molar-refractivity contribution in [2.24, 2.45) is 35.5 Å². The van der Waals surface area contributed by atoms with Crippen molar-refractivity contribution >= 4 is 47.0 Å². The molecule has 286 valence electrons. The Labute approximate surface area is 311 Å². The van der Waals surface area contributed by atoms with E-state index >= 15 is 0 Å². The molecule has 13 heteroatoms. The molecule has 12 unspecified atom stereocenters. The minimum atomic E-state index is -0.993. The number of alkyl halides is 2. The highest BCUT2D eigenvalue weighted by molar-refractivity contribution is 6.21. The van der Waals surface area contributed by atoms with Crippen LogP contribution in [0, 0.1) is 48.0 Å². The summed E-state index contributed by atoms with van der Waals surface area (Å²) in [5.74, 6) is -4.87. The van der Waals surface area contributed by atoms with Crippen LogP contribution in [0.2, 0.25) is 0 Å². The van der Waals surface area contributed by atoms with E-state index in [9.17, 15) is 29.4 Å². The van der Waals surface area contributed by atoms with Gasteiger partial charge in [0.2, 0.25) is 11.8 Å². The third-order valence-electron chi connectivity index (χ3n) is 12.4. The normalized spacial score (nSPS) is 37.7. The molecule has 5 aliphatic rings. The summed E-state index contributed by atoms with van der Waals surface area (Å²) in [6.07, 6.45) is 20.0. The summed E-state index contributed by atoms with van der Waals surface area (Å²) >= 11 is 13.8. The van der Waals surface area contributed by atoms with Gasteiger partial charge in [-0.1, -0.05) is 25.7 Å². The molecule has 0 aromatic heterocycles. The molecule has 5 fully saturated rings. The first-order valence-electron chi connectivity index (χ1n) is 19.2. The van der Waals surface area contributed by atoms with Gasteiger partial charge in [-0.05, 0) is 102 Å². The molecule has 0 spiro atoms. The summed E-state index contributed by atoms with van der Waals surface area (Å²) in [4.78, 5) is 50.9. The Morgan fingerprint density at radius 3 is 1.53 bits per heavy atom. The predicted molar refractivity (Wildman–Crippen MR) is 191 cm³/mol. The van der Waals surface area contributed by atoms with Crippen LogP contribution < -0.4 is 10.6 Å². The van der Waals surface area contributed by atoms with E-state index in [1.165, 1.54) is 19.3 Å². The third-order valence-corrected chi connectivity index (χ3v) is 13.4. The van der Waals surface area contributed by atoms with E-state index in [4.69, 9.17) is 43.8 Å². The van der Waals surface area contributed by atoms with Gasteiger partial charge >= 0.3 is 11.9 Å². The number of carbonyl (C=O) groups is 4. The van der Waals surface area contributed by atoms with E-state index in [2.05, 4.69) is 16.7 Å². The fourth-order valence-electron chi connectivity index (χ4n) is 9.50. The number of ether oxygens (including phenoxy) is 3. The highest BCUT2D eigenvalue weighted by Gasteiger charge is 2.44. The maximum absolute atomic E-state index is 13.6. The van der Waals surface area contributed by atoms with Crippen LogP contribution in [0.1, 0.15) is 109 Å². The number of carbonyl (C=O) groups excluding carboxylic acids is 2. The average Bonchev–Trinajstić information content (AvgIpc) is 3.12. The molecule has 12 atom stereocenters. The number of amides is 2. The summed E-state index contributed by atoms with van der Waals surface area (Å²) in [5, 5.41) is 25.2. The predicted octanol–water partition coefficient (Wildman–Crippen LogP) is 5.48. The van der Waals surface area contributed by atoms with Crippen molar-refractivity contribution < 1.29 is 43.6 Å². The summed E-state index contributed by atoms with van der Waals surface area (Å²) < 4.78 is 17.3. The molecule has 0 aliphatic heterocycles. The molecule has 2 amide bonds. The molecule has 5 aliphatic carbocycles. The Balaban J connectivity index is 1.06. The molecule has 0 aromatic carbocycles. The number of terminal acetylenes is 1. The lowest BCUT2D eigenvalue weighted by Gasteiger charge is -2.42. The van der Waals surface area contributed by atoms with E-state index < -0.39 is 35.6 Å². The topological polar surface area (TPSA) is 160 Å². The van der Waals surface area contributed by atoms with Gasteiger partial charge in [0.15, 0.2) is 0 Å². The molecule has 0 radical (unpaired) electrons.